The van der Waals surface area contributed by atoms with Crippen LogP contribution in [0.15, 0.2) is 17.2 Å². The molecule has 72 valence electrons. The van der Waals surface area contributed by atoms with Crippen molar-refractivity contribution in [2.45, 2.75) is 10.5 Å². The Morgan fingerprint density at radius 3 is 2.38 bits per heavy atom. The number of hydrogen-bond donors (Lipinski definition) is 1. The van der Waals surface area contributed by atoms with Gasteiger partial charge in [-0.05, 0) is 12.1 Å². The maximum Gasteiger partial charge on any atom is 0.447 e. The minimum Gasteiger partial charge on any atom is -0.372 e. The summed E-state index contributed by atoms with van der Waals surface area (Å²) in [5.41, 5.74) is -4.31. The van der Waals surface area contributed by atoms with E-state index in [1.807, 2.05) is 0 Å². The maximum atomic E-state index is 11.8. The van der Waals surface area contributed by atoms with Gasteiger partial charge in [0.15, 0.2) is 0 Å². The zero-order valence-corrected chi connectivity index (χ0v) is 7.41. The molecule has 3 nitrogen and oxygen atoms in total. The van der Waals surface area contributed by atoms with Gasteiger partial charge in [-0.15, -0.1) is 10.2 Å². The Balaban J connectivity index is 2.70. The van der Waals surface area contributed by atoms with Crippen molar-refractivity contribution in [2.75, 3.05) is 12.4 Å². The van der Waals surface area contributed by atoms with E-state index in [0.717, 1.165) is 0 Å². The number of halogens is 3. The van der Waals surface area contributed by atoms with Gasteiger partial charge in [0.05, 0.1) is 0 Å². The van der Waals surface area contributed by atoms with Crippen LogP contribution < -0.4 is 5.32 Å². The molecular weight excluding hydrogens is 203 g/mol. The summed E-state index contributed by atoms with van der Waals surface area (Å²) in [6.07, 6.45) is 0. The summed E-state index contributed by atoms with van der Waals surface area (Å²) in [5.74, 6) is 0.437. The monoisotopic (exact) mass is 209 g/mol. The average molecular weight is 209 g/mol. The minimum atomic E-state index is -4.31. The first-order valence-corrected chi connectivity index (χ1v) is 4.10. The molecule has 0 bridgehead atoms. The molecule has 0 amide bonds. The summed E-state index contributed by atoms with van der Waals surface area (Å²) < 4.78 is 35.4. The fourth-order valence-electron chi connectivity index (χ4n) is 0.626. The van der Waals surface area contributed by atoms with Crippen LogP contribution in [0.25, 0.3) is 0 Å². The molecule has 1 aromatic heterocycles. The van der Waals surface area contributed by atoms with Gasteiger partial charge < -0.3 is 5.32 Å². The number of nitrogens with zero attached hydrogens (tertiary/aromatic N) is 2. The molecule has 0 aliphatic carbocycles. The van der Waals surface area contributed by atoms with Gasteiger partial charge in [-0.1, -0.05) is 0 Å². The van der Waals surface area contributed by atoms with Gasteiger partial charge in [-0.25, -0.2) is 0 Å². The van der Waals surface area contributed by atoms with E-state index < -0.39 is 5.51 Å². The molecule has 0 unspecified atom stereocenters. The van der Waals surface area contributed by atoms with Crippen molar-refractivity contribution in [3.63, 3.8) is 0 Å². The smallest absolute Gasteiger partial charge is 0.372 e. The first-order valence-electron chi connectivity index (χ1n) is 3.28. The SMILES string of the molecule is CNc1ccc(SC(F)(F)F)nn1. The fraction of sp³-hybridized carbons (Fsp3) is 0.333. The highest BCUT2D eigenvalue weighted by atomic mass is 32.2. The Labute approximate surface area is 76.7 Å². The molecule has 0 aliphatic rings. The second-order valence-corrected chi connectivity index (χ2v) is 3.14. The minimum absolute atomic E-state index is 0.161. The van der Waals surface area contributed by atoms with Crippen LogP contribution in [0.4, 0.5) is 19.0 Å². The van der Waals surface area contributed by atoms with Crippen LogP contribution >= 0.6 is 11.8 Å². The summed E-state index contributed by atoms with van der Waals surface area (Å²) in [6.45, 7) is 0. The lowest BCUT2D eigenvalue weighted by Gasteiger charge is -2.03. The fourth-order valence-corrected chi connectivity index (χ4v) is 1.08. The molecule has 0 fully saturated rings. The highest BCUT2D eigenvalue weighted by molar-refractivity contribution is 8.00. The Morgan fingerprint density at radius 1 is 1.31 bits per heavy atom. The van der Waals surface area contributed by atoms with Gasteiger partial charge >= 0.3 is 5.51 Å². The number of alkyl halides is 3. The summed E-state index contributed by atoms with van der Waals surface area (Å²) in [7, 11) is 1.61. The molecule has 0 aromatic carbocycles. The first-order chi connectivity index (χ1) is 6.01. The van der Waals surface area contributed by atoms with Crippen molar-refractivity contribution in [3.8, 4) is 0 Å². The standard InChI is InChI=1S/C6H6F3N3S/c1-10-4-2-3-5(12-11-4)13-6(7,8)9/h2-3H,1H3,(H,10,11). The van der Waals surface area contributed by atoms with Crippen molar-refractivity contribution < 1.29 is 13.2 Å². The molecule has 0 aliphatic heterocycles. The molecule has 1 N–H and O–H groups in total. The molecule has 1 rings (SSSR count). The summed E-state index contributed by atoms with van der Waals surface area (Å²) in [5, 5.41) is 9.36. The van der Waals surface area contributed by atoms with Gasteiger partial charge in [0, 0.05) is 18.8 Å². The van der Waals surface area contributed by atoms with Crippen molar-refractivity contribution >= 4 is 17.6 Å². The van der Waals surface area contributed by atoms with E-state index in [-0.39, 0.29) is 16.8 Å². The summed E-state index contributed by atoms with van der Waals surface area (Å²) in [4.78, 5) is 0. The molecule has 1 heterocycles. The predicted octanol–water partition coefficient (Wildman–Crippen LogP) is 2.13. The third-order valence-corrected chi connectivity index (χ3v) is 1.77. The maximum absolute atomic E-state index is 11.8. The van der Waals surface area contributed by atoms with E-state index >= 15 is 0 Å². The number of aromatic nitrogens is 2. The quantitative estimate of drug-likeness (QED) is 0.757. The molecular formula is C6H6F3N3S. The van der Waals surface area contributed by atoms with Gasteiger partial charge in [0.1, 0.15) is 10.8 Å². The number of rotatable bonds is 2. The van der Waals surface area contributed by atoms with E-state index in [4.69, 9.17) is 0 Å². The third-order valence-electron chi connectivity index (χ3n) is 1.12. The van der Waals surface area contributed by atoms with Crippen LogP contribution in [0, 0.1) is 0 Å². The normalized spacial score (nSPS) is 11.4. The lowest BCUT2D eigenvalue weighted by atomic mass is 10.5. The van der Waals surface area contributed by atoms with Crippen molar-refractivity contribution in [1.29, 1.82) is 0 Å². The molecule has 0 saturated heterocycles. The molecule has 0 radical (unpaired) electrons. The Morgan fingerprint density at radius 2 is 2.00 bits per heavy atom. The summed E-state index contributed by atoms with van der Waals surface area (Å²) in [6, 6.07) is 2.69. The van der Waals surface area contributed by atoms with Crippen molar-refractivity contribution in [3.05, 3.63) is 12.1 Å². The van der Waals surface area contributed by atoms with E-state index in [1.54, 1.807) is 7.05 Å². The van der Waals surface area contributed by atoms with Crippen LogP contribution in [-0.2, 0) is 0 Å². The largest absolute Gasteiger partial charge is 0.447 e. The highest BCUT2D eigenvalue weighted by Crippen LogP contribution is 2.35. The van der Waals surface area contributed by atoms with Crippen LogP contribution in [0.1, 0.15) is 0 Å². The second kappa shape index (κ2) is 3.82. The number of thioether (sulfide) groups is 1. The lowest BCUT2D eigenvalue weighted by molar-refractivity contribution is -0.0329. The molecule has 0 saturated carbocycles. The Kier molecular flexibility index (Phi) is 2.97. The first kappa shape index (κ1) is 10.1. The predicted molar refractivity (Wildman–Crippen MR) is 43.5 cm³/mol. The second-order valence-electron chi connectivity index (χ2n) is 2.05. The number of nitrogens with one attached hydrogen (secondary N) is 1. The van der Waals surface area contributed by atoms with Gasteiger partial charge in [0.2, 0.25) is 0 Å². The van der Waals surface area contributed by atoms with Crippen molar-refractivity contribution in [2.24, 2.45) is 0 Å². The summed E-state index contributed by atoms with van der Waals surface area (Å²) >= 11 is -0.281. The zero-order chi connectivity index (χ0) is 9.90. The Hall–Kier alpha value is -0.980. The van der Waals surface area contributed by atoms with E-state index in [9.17, 15) is 13.2 Å². The molecule has 1 aromatic rings. The molecule has 0 atom stereocenters. The van der Waals surface area contributed by atoms with Crippen LogP contribution in [0.5, 0.6) is 0 Å². The average Bonchev–Trinajstić information content (AvgIpc) is 2.03. The number of hydrogen-bond acceptors (Lipinski definition) is 4. The van der Waals surface area contributed by atoms with Gasteiger partial charge in [-0.3, -0.25) is 0 Å². The van der Waals surface area contributed by atoms with Gasteiger partial charge in [0.25, 0.3) is 0 Å². The van der Waals surface area contributed by atoms with E-state index in [1.165, 1.54) is 12.1 Å². The third kappa shape index (κ3) is 3.49. The molecule has 13 heavy (non-hydrogen) atoms. The topological polar surface area (TPSA) is 37.8 Å². The van der Waals surface area contributed by atoms with Crippen LogP contribution in [0.2, 0.25) is 0 Å². The van der Waals surface area contributed by atoms with Crippen LogP contribution in [0.3, 0.4) is 0 Å². The van der Waals surface area contributed by atoms with Crippen LogP contribution in [-0.4, -0.2) is 22.8 Å². The zero-order valence-electron chi connectivity index (χ0n) is 6.59. The number of anilines is 1. The van der Waals surface area contributed by atoms with Gasteiger partial charge in [-0.2, -0.15) is 13.2 Å². The van der Waals surface area contributed by atoms with E-state index in [0.29, 0.717) is 5.82 Å². The lowest BCUT2D eigenvalue weighted by Crippen LogP contribution is -2.01. The Bertz CT molecular complexity index is 271. The van der Waals surface area contributed by atoms with Crippen molar-refractivity contribution in [1.82, 2.24) is 10.2 Å². The molecule has 7 heteroatoms. The van der Waals surface area contributed by atoms with E-state index in [2.05, 4.69) is 15.5 Å². The molecule has 0 spiro atoms. The highest BCUT2D eigenvalue weighted by Gasteiger charge is 2.30.